The van der Waals surface area contributed by atoms with Gasteiger partial charge >= 0.3 is 0 Å². The van der Waals surface area contributed by atoms with Crippen molar-refractivity contribution in [3.63, 3.8) is 0 Å². The van der Waals surface area contributed by atoms with Crippen molar-refractivity contribution in [2.24, 2.45) is 21.8 Å². The monoisotopic (exact) mass is 314 g/mol. The molecule has 2 aliphatic carbocycles. The maximum atomic E-state index is 12.4. The van der Waals surface area contributed by atoms with Crippen LogP contribution in [-0.4, -0.2) is 18.7 Å². The van der Waals surface area contributed by atoms with Gasteiger partial charge in [0.2, 0.25) is 0 Å². The van der Waals surface area contributed by atoms with Crippen LogP contribution in [0.2, 0.25) is 0 Å². The third-order valence-corrected chi connectivity index (χ3v) is 6.47. The lowest BCUT2D eigenvalue weighted by Crippen LogP contribution is -2.34. The molecule has 1 N–H and O–H groups in total. The number of hydrogen-bond acceptors (Lipinski definition) is 3. The smallest absolute Gasteiger partial charge is 0.271 e. The Labute approximate surface area is 138 Å². The predicted molar refractivity (Wildman–Crippen MR) is 91.9 cm³/mol. The number of carbonyl (C=O) groups is 1. The van der Waals surface area contributed by atoms with E-state index in [2.05, 4.69) is 31.3 Å². The van der Waals surface area contributed by atoms with E-state index in [1.54, 1.807) is 19.2 Å². The lowest BCUT2D eigenvalue weighted by molar-refractivity contribution is 0.0953. The van der Waals surface area contributed by atoms with Gasteiger partial charge in [0, 0.05) is 16.7 Å². The highest BCUT2D eigenvalue weighted by Gasteiger charge is 2.59. The first-order valence-corrected chi connectivity index (χ1v) is 8.31. The van der Waals surface area contributed by atoms with Crippen molar-refractivity contribution in [1.29, 1.82) is 0 Å². The first-order valence-electron chi connectivity index (χ1n) is 8.31. The third-order valence-electron chi connectivity index (χ3n) is 6.47. The van der Waals surface area contributed by atoms with Gasteiger partial charge in [-0.2, -0.15) is 5.10 Å². The maximum Gasteiger partial charge on any atom is 0.271 e. The van der Waals surface area contributed by atoms with Gasteiger partial charge in [-0.05, 0) is 55.2 Å². The quantitative estimate of drug-likeness (QED) is 0.859. The molecule has 0 spiro atoms. The molecule has 1 aromatic carbocycles. The molecule has 2 saturated carbocycles. The van der Waals surface area contributed by atoms with Crippen LogP contribution in [0.25, 0.3) is 0 Å². The number of carbonyl (C=O) groups excluding carboxylic acids is 1. The largest absolute Gasteiger partial charge is 0.496 e. The Morgan fingerprint density at radius 3 is 2.65 bits per heavy atom. The molecule has 124 valence electrons. The molecule has 1 amide bonds. The number of ether oxygens (including phenoxy) is 1. The number of nitrogens with one attached hydrogen (secondary N) is 1. The summed E-state index contributed by atoms with van der Waals surface area (Å²) in [6, 6.07) is 5.46. The summed E-state index contributed by atoms with van der Waals surface area (Å²) in [5, 5.41) is 4.50. The Morgan fingerprint density at radius 2 is 2.09 bits per heavy atom. The van der Waals surface area contributed by atoms with E-state index < -0.39 is 0 Å². The number of nitrogens with zero attached hydrogens (tertiary/aromatic N) is 1. The standard InChI is InChI=1S/C19H26N2O2/c1-12-6-7-13(10-15(12)23-5)17(22)21-20-16-11-14-8-9-19(16,4)18(14,2)3/h6-7,10,14H,8-9,11H2,1-5H3,(H,21,22)/b20-16-/t14-,19-/m1/s1. The Bertz CT molecular complexity index is 678. The molecule has 0 aliphatic heterocycles. The molecule has 0 unspecified atom stereocenters. The highest BCUT2D eigenvalue weighted by atomic mass is 16.5. The molecular formula is C19H26N2O2. The zero-order valence-corrected chi connectivity index (χ0v) is 14.7. The van der Waals surface area contributed by atoms with E-state index in [1.807, 2.05) is 13.0 Å². The van der Waals surface area contributed by atoms with Gasteiger partial charge in [0.15, 0.2) is 0 Å². The molecule has 2 aliphatic rings. The molecule has 0 saturated heterocycles. The lowest BCUT2D eigenvalue weighted by Gasteiger charge is -2.34. The van der Waals surface area contributed by atoms with Crippen LogP contribution in [0.15, 0.2) is 23.3 Å². The average Bonchev–Trinajstić information content (AvgIpc) is 2.86. The summed E-state index contributed by atoms with van der Waals surface area (Å²) in [6.45, 7) is 8.92. The van der Waals surface area contributed by atoms with E-state index in [9.17, 15) is 4.79 Å². The fourth-order valence-electron chi connectivity index (χ4n) is 4.24. The molecule has 0 aromatic heterocycles. The van der Waals surface area contributed by atoms with Crippen LogP contribution in [0.3, 0.4) is 0 Å². The van der Waals surface area contributed by atoms with Gasteiger partial charge in [-0.15, -0.1) is 0 Å². The Morgan fingerprint density at radius 1 is 1.35 bits per heavy atom. The van der Waals surface area contributed by atoms with Crippen LogP contribution in [0, 0.1) is 23.7 Å². The zero-order chi connectivity index (χ0) is 16.8. The predicted octanol–water partition coefficient (Wildman–Crippen LogP) is 3.94. The molecule has 2 atom stereocenters. The summed E-state index contributed by atoms with van der Waals surface area (Å²) in [5.41, 5.74) is 5.86. The number of aryl methyl sites for hydroxylation is 1. The first-order chi connectivity index (χ1) is 10.8. The molecule has 0 radical (unpaired) electrons. The summed E-state index contributed by atoms with van der Waals surface area (Å²) in [6.07, 6.45) is 3.43. The molecule has 2 fully saturated rings. The van der Waals surface area contributed by atoms with E-state index in [1.165, 1.54) is 6.42 Å². The summed E-state index contributed by atoms with van der Waals surface area (Å²) in [4.78, 5) is 12.4. The number of rotatable bonds is 3. The summed E-state index contributed by atoms with van der Waals surface area (Å²) >= 11 is 0. The highest BCUT2D eigenvalue weighted by molar-refractivity contribution is 5.98. The summed E-state index contributed by atoms with van der Waals surface area (Å²) in [7, 11) is 1.61. The summed E-state index contributed by atoms with van der Waals surface area (Å²) < 4.78 is 5.28. The average molecular weight is 314 g/mol. The second-order valence-corrected chi connectivity index (χ2v) is 7.68. The van der Waals surface area contributed by atoms with Crippen LogP contribution in [0.5, 0.6) is 5.75 Å². The van der Waals surface area contributed by atoms with Gasteiger partial charge in [-0.1, -0.05) is 26.8 Å². The molecule has 0 heterocycles. The van der Waals surface area contributed by atoms with Gasteiger partial charge in [-0.3, -0.25) is 4.79 Å². The fraction of sp³-hybridized carbons (Fsp3) is 0.579. The Kier molecular flexibility index (Phi) is 3.74. The van der Waals surface area contributed by atoms with Crippen LogP contribution >= 0.6 is 0 Å². The van der Waals surface area contributed by atoms with E-state index in [0.717, 1.165) is 29.9 Å². The van der Waals surface area contributed by atoms with Crippen molar-refractivity contribution in [3.05, 3.63) is 29.3 Å². The molecule has 1 aromatic rings. The van der Waals surface area contributed by atoms with E-state index in [4.69, 9.17) is 4.74 Å². The minimum atomic E-state index is -0.181. The molecule has 4 heteroatoms. The van der Waals surface area contributed by atoms with Crippen molar-refractivity contribution in [3.8, 4) is 5.75 Å². The number of hydrazone groups is 1. The molecular weight excluding hydrogens is 288 g/mol. The normalized spacial score (nSPS) is 29.8. The number of methoxy groups -OCH3 is 1. The third kappa shape index (κ3) is 2.35. The van der Waals surface area contributed by atoms with E-state index in [0.29, 0.717) is 11.5 Å². The molecule has 3 rings (SSSR count). The van der Waals surface area contributed by atoms with Crippen molar-refractivity contribution >= 4 is 11.6 Å². The van der Waals surface area contributed by atoms with Crippen molar-refractivity contribution in [2.45, 2.75) is 47.0 Å². The van der Waals surface area contributed by atoms with Gasteiger partial charge < -0.3 is 4.74 Å². The summed E-state index contributed by atoms with van der Waals surface area (Å²) in [5.74, 6) is 1.22. The zero-order valence-electron chi connectivity index (χ0n) is 14.7. The SMILES string of the molecule is COc1cc(C(=O)N/N=C2/C[C@H]3CC[C@@]2(C)C3(C)C)ccc1C. The minimum Gasteiger partial charge on any atom is -0.496 e. The number of fused-ring (bicyclic) bond motifs is 2. The van der Waals surface area contributed by atoms with Crippen molar-refractivity contribution < 1.29 is 9.53 Å². The molecule has 4 nitrogen and oxygen atoms in total. The second-order valence-electron chi connectivity index (χ2n) is 7.68. The van der Waals surface area contributed by atoms with E-state index >= 15 is 0 Å². The van der Waals surface area contributed by atoms with Crippen LogP contribution in [-0.2, 0) is 0 Å². The maximum absolute atomic E-state index is 12.4. The van der Waals surface area contributed by atoms with Crippen molar-refractivity contribution in [1.82, 2.24) is 5.43 Å². The lowest BCUT2D eigenvalue weighted by atomic mass is 9.70. The highest BCUT2D eigenvalue weighted by Crippen LogP contribution is 2.63. The van der Waals surface area contributed by atoms with E-state index in [-0.39, 0.29) is 16.7 Å². The second kappa shape index (κ2) is 5.36. The molecule has 23 heavy (non-hydrogen) atoms. The van der Waals surface area contributed by atoms with Crippen molar-refractivity contribution in [2.75, 3.05) is 7.11 Å². The number of benzene rings is 1. The van der Waals surface area contributed by atoms with Gasteiger partial charge in [0.25, 0.3) is 5.91 Å². The number of hydrogen-bond donors (Lipinski definition) is 1. The Balaban J connectivity index is 1.77. The van der Waals surface area contributed by atoms with Gasteiger partial charge in [0.05, 0.1) is 7.11 Å². The number of amides is 1. The van der Waals surface area contributed by atoms with Crippen LogP contribution in [0.1, 0.15) is 56.0 Å². The fourth-order valence-corrected chi connectivity index (χ4v) is 4.24. The first kappa shape index (κ1) is 16.0. The topological polar surface area (TPSA) is 50.7 Å². The van der Waals surface area contributed by atoms with Gasteiger partial charge in [-0.25, -0.2) is 5.43 Å². The minimum absolute atomic E-state index is 0.107. The molecule has 2 bridgehead atoms. The van der Waals surface area contributed by atoms with Crippen LogP contribution in [0.4, 0.5) is 0 Å². The Hall–Kier alpha value is -1.84. The van der Waals surface area contributed by atoms with Crippen LogP contribution < -0.4 is 10.2 Å². The van der Waals surface area contributed by atoms with Gasteiger partial charge in [0.1, 0.15) is 5.75 Å².